The van der Waals surface area contributed by atoms with E-state index in [2.05, 4.69) is 4.98 Å². The van der Waals surface area contributed by atoms with E-state index in [1.54, 1.807) is 7.11 Å². The highest BCUT2D eigenvalue weighted by Gasteiger charge is 2.17. The molecule has 0 amide bonds. The second-order valence-corrected chi connectivity index (χ2v) is 7.17. The van der Waals surface area contributed by atoms with Gasteiger partial charge in [0.05, 0.1) is 21.0 Å². The number of hydrogen-bond acceptors (Lipinski definition) is 5. The maximum atomic E-state index is 12.3. The van der Waals surface area contributed by atoms with Crippen molar-refractivity contribution < 1.29 is 8.95 Å². The molecule has 18 heavy (non-hydrogen) atoms. The van der Waals surface area contributed by atoms with Gasteiger partial charge in [-0.3, -0.25) is 4.21 Å². The van der Waals surface area contributed by atoms with Crippen LogP contribution in [0.4, 0.5) is 5.69 Å². The molecule has 1 aromatic heterocycles. The molecule has 0 saturated carbocycles. The fraction of sp³-hybridized carbons (Fsp3) is 0.417. The monoisotopic (exact) mass is 284 g/mol. The van der Waals surface area contributed by atoms with Gasteiger partial charge in [-0.1, -0.05) is 6.92 Å². The van der Waals surface area contributed by atoms with Crippen molar-refractivity contribution in [1.82, 2.24) is 4.98 Å². The Balaban J connectivity index is 2.22. The Kier molecular flexibility index (Phi) is 4.31. The second kappa shape index (κ2) is 5.77. The number of nitrogens with two attached hydrogens (primary N) is 1. The van der Waals surface area contributed by atoms with Crippen LogP contribution in [-0.4, -0.2) is 28.2 Å². The Morgan fingerprint density at radius 2 is 2.33 bits per heavy atom. The van der Waals surface area contributed by atoms with Gasteiger partial charge in [0.1, 0.15) is 0 Å². The predicted octanol–water partition coefficient (Wildman–Crippen LogP) is 2.41. The molecular weight excluding hydrogens is 268 g/mol. The van der Waals surface area contributed by atoms with E-state index in [-0.39, 0.29) is 5.25 Å². The van der Waals surface area contributed by atoms with Gasteiger partial charge in [-0.25, -0.2) is 4.98 Å². The lowest BCUT2D eigenvalue weighted by Crippen LogP contribution is -2.13. The molecule has 2 N–H and O–H groups in total. The Labute approximate surface area is 113 Å². The van der Waals surface area contributed by atoms with E-state index in [0.29, 0.717) is 16.6 Å². The third kappa shape index (κ3) is 2.88. The average Bonchev–Trinajstić information content (AvgIpc) is 2.77. The highest BCUT2D eigenvalue weighted by molar-refractivity contribution is 7.87. The van der Waals surface area contributed by atoms with Crippen LogP contribution >= 0.6 is 11.3 Å². The van der Waals surface area contributed by atoms with E-state index in [4.69, 9.17) is 10.5 Å². The number of fused-ring (bicyclic) bond motifs is 1. The maximum Gasteiger partial charge on any atom is 0.182 e. The number of anilines is 1. The number of methoxy groups -OCH3 is 1. The van der Waals surface area contributed by atoms with Gasteiger partial charge in [0.15, 0.2) is 4.34 Å². The molecule has 0 bridgehead atoms. The average molecular weight is 284 g/mol. The zero-order valence-corrected chi connectivity index (χ0v) is 12.0. The number of thiazole rings is 1. The number of ether oxygens (including phenoxy) is 1. The molecular formula is C12H16N2O2S2. The molecule has 2 atom stereocenters. The van der Waals surface area contributed by atoms with E-state index in [0.717, 1.165) is 16.6 Å². The van der Waals surface area contributed by atoms with Gasteiger partial charge in [-0.2, -0.15) is 0 Å². The zero-order chi connectivity index (χ0) is 13.1. The third-order valence-electron chi connectivity index (χ3n) is 2.66. The normalized spacial score (nSPS) is 14.8. The van der Waals surface area contributed by atoms with Gasteiger partial charge >= 0.3 is 0 Å². The van der Waals surface area contributed by atoms with Crippen molar-refractivity contribution >= 4 is 38.0 Å². The van der Waals surface area contributed by atoms with Crippen molar-refractivity contribution in [3.8, 4) is 0 Å². The lowest BCUT2D eigenvalue weighted by atomic mass is 10.3. The van der Waals surface area contributed by atoms with Crippen molar-refractivity contribution in [2.24, 2.45) is 0 Å². The first-order valence-corrected chi connectivity index (χ1v) is 7.70. The van der Waals surface area contributed by atoms with Crippen molar-refractivity contribution in [3.63, 3.8) is 0 Å². The Hall–Kier alpha value is -0.980. The van der Waals surface area contributed by atoms with Crippen molar-refractivity contribution in [2.45, 2.75) is 22.9 Å². The van der Waals surface area contributed by atoms with E-state index in [1.807, 2.05) is 25.1 Å². The van der Waals surface area contributed by atoms with Gasteiger partial charge < -0.3 is 10.5 Å². The summed E-state index contributed by atoms with van der Waals surface area (Å²) < 4.78 is 18.9. The topological polar surface area (TPSA) is 65.2 Å². The highest BCUT2D eigenvalue weighted by atomic mass is 32.2. The van der Waals surface area contributed by atoms with Crippen LogP contribution in [0, 0.1) is 0 Å². The Morgan fingerprint density at radius 3 is 3.06 bits per heavy atom. The summed E-state index contributed by atoms with van der Waals surface area (Å²) in [6.45, 7) is 2.57. The SMILES string of the molecule is COCCC(C)S(=O)c1nc2ccc(N)cc2s1. The minimum atomic E-state index is -1.08. The van der Waals surface area contributed by atoms with Gasteiger partial charge in [-0.15, -0.1) is 11.3 Å². The molecule has 2 aromatic rings. The van der Waals surface area contributed by atoms with Crippen molar-refractivity contribution in [2.75, 3.05) is 19.5 Å². The molecule has 0 saturated heterocycles. The number of nitrogen functional groups attached to an aromatic ring is 1. The van der Waals surface area contributed by atoms with Crippen LogP contribution in [0.1, 0.15) is 13.3 Å². The first kappa shape index (κ1) is 13.5. The van der Waals surface area contributed by atoms with Crippen molar-refractivity contribution in [3.05, 3.63) is 18.2 Å². The summed E-state index contributed by atoms with van der Waals surface area (Å²) >= 11 is 1.45. The molecule has 0 aliphatic carbocycles. The van der Waals surface area contributed by atoms with E-state index in [1.165, 1.54) is 11.3 Å². The number of aromatic nitrogens is 1. The molecule has 0 fully saturated rings. The van der Waals surface area contributed by atoms with E-state index >= 15 is 0 Å². The molecule has 0 radical (unpaired) electrons. The summed E-state index contributed by atoms with van der Waals surface area (Å²) in [5.41, 5.74) is 7.28. The van der Waals surface area contributed by atoms with Crippen LogP contribution in [0.5, 0.6) is 0 Å². The molecule has 0 aliphatic heterocycles. The van der Waals surface area contributed by atoms with Crippen LogP contribution < -0.4 is 5.73 Å². The summed E-state index contributed by atoms with van der Waals surface area (Å²) in [5, 5.41) is 0.0443. The molecule has 6 heteroatoms. The lowest BCUT2D eigenvalue weighted by molar-refractivity contribution is 0.195. The molecule has 1 heterocycles. The Bertz CT molecular complexity index is 568. The van der Waals surface area contributed by atoms with Crippen LogP contribution in [0.3, 0.4) is 0 Å². The van der Waals surface area contributed by atoms with E-state index < -0.39 is 10.8 Å². The predicted molar refractivity (Wildman–Crippen MR) is 76.4 cm³/mol. The summed E-state index contributed by atoms with van der Waals surface area (Å²) in [5.74, 6) is 0. The summed E-state index contributed by atoms with van der Waals surface area (Å²) in [6.07, 6.45) is 0.765. The minimum Gasteiger partial charge on any atom is -0.399 e. The maximum absolute atomic E-state index is 12.3. The quantitative estimate of drug-likeness (QED) is 0.856. The largest absolute Gasteiger partial charge is 0.399 e. The van der Waals surface area contributed by atoms with Crippen LogP contribution in [0.25, 0.3) is 10.2 Å². The number of nitrogens with zero attached hydrogens (tertiary/aromatic N) is 1. The third-order valence-corrected chi connectivity index (χ3v) is 5.62. The zero-order valence-electron chi connectivity index (χ0n) is 10.4. The molecule has 0 aliphatic rings. The van der Waals surface area contributed by atoms with Crippen LogP contribution in [0.15, 0.2) is 22.5 Å². The summed E-state index contributed by atoms with van der Waals surface area (Å²) in [6, 6.07) is 5.54. The number of benzene rings is 1. The molecule has 0 spiro atoms. The Morgan fingerprint density at radius 1 is 1.56 bits per heavy atom. The van der Waals surface area contributed by atoms with Gasteiger partial charge in [0.2, 0.25) is 0 Å². The number of rotatable bonds is 5. The van der Waals surface area contributed by atoms with Crippen LogP contribution in [0.2, 0.25) is 0 Å². The first-order valence-electron chi connectivity index (χ1n) is 5.67. The fourth-order valence-electron chi connectivity index (χ4n) is 1.57. The minimum absolute atomic E-state index is 0.0443. The van der Waals surface area contributed by atoms with Gasteiger partial charge in [0, 0.05) is 24.7 Å². The smallest absolute Gasteiger partial charge is 0.182 e. The molecule has 98 valence electrons. The second-order valence-electron chi connectivity index (χ2n) is 4.10. The fourth-order valence-corrected chi connectivity index (χ4v) is 4.25. The molecule has 2 rings (SSSR count). The first-order chi connectivity index (χ1) is 8.61. The number of hydrogen-bond donors (Lipinski definition) is 1. The molecule has 2 unspecified atom stereocenters. The highest BCUT2D eigenvalue weighted by Crippen LogP contribution is 2.27. The van der Waals surface area contributed by atoms with E-state index in [9.17, 15) is 4.21 Å². The van der Waals surface area contributed by atoms with Crippen LogP contribution in [-0.2, 0) is 15.5 Å². The summed E-state index contributed by atoms with van der Waals surface area (Å²) in [7, 11) is 0.567. The van der Waals surface area contributed by atoms with Gasteiger partial charge in [0.25, 0.3) is 0 Å². The van der Waals surface area contributed by atoms with Crippen molar-refractivity contribution in [1.29, 1.82) is 0 Å². The summed E-state index contributed by atoms with van der Waals surface area (Å²) in [4.78, 5) is 4.40. The lowest BCUT2D eigenvalue weighted by Gasteiger charge is -2.07. The molecule has 1 aromatic carbocycles. The molecule has 4 nitrogen and oxygen atoms in total. The standard InChI is InChI=1S/C12H16N2O2S2/c1-8(5-6-16-2)18(15)12-14-10-4-3-9(13)7-11(10)17-12/h3-4,7-8H,5-6,13H2,1-2H3. The van der Waals surface area contributed by atoms with Gasteiger partial charge in [-0.05, 0) is 24.6 Å².